The van der Waals surface area contributed by atoms with Crippen LogP contribution in [0.4, 0.5) is 0 Å². The molecule has 0 radical (unpaired) electrons. The average molecular weight is 361 g/mol. The second-order valence-electron chi connectivity index (χ2n) is 5.43. The molecule has 0 aliphatic rings. The van der Waals surface area contributed by atoms with Gasteiger partial charge in [0.1, 0.15) is 0 Å². The average Bonchev–Trinajstić information content (AvgIpc) is 3.19. The molecule has 4 heteroatoms. The van der Waals surface area contributed by atoms with Crippen LogP contribution in [-0.2, 0) is 6.54 Å². The first-order valence-corrected chi connectivity index (χ1v) is 9.49. The van der Waals surface area contributed by atoms with E-state index in [0.29, 0.717) is 11.9 Å². The van der Waals surface area contributed by atoms with Crippen LogP contribution in [0.2, 0.25) is 0 Å². The Balaban J connectivity index is 0.000000614. The van der Waals surface area contributed by atoms with E-state index in [4.69, 9.17) is 0 Å². The first kappa shape index (κ1) is 20.2. The molecule has 27 heavy (non-hydrogen) atoms. The van der Waals surface area contributed by atoms with Gasteiger partial charge in [0.25, 0.3) is 5.56 Å². The van der Waals surface area contributed by atoms with E-state index in [2.05, 4.69) is 5.10 Å². The third-order valence-electron chi connectivity index (χ3n) is 3.91. The molecule has 0 saturated heterocycles. The van der Waals surface area contributed by atoms with Gasteiger partial charge in [-0.2, -0.15) is 5.10 Å². The Morgan fingerprint density at radius 2 is 1.41 bits per heavy atom. The van der Waals surface area contributed by atoms with Crippen LogP contribution in [0, 0.1) is 0 Å². The van der Waals surface area contributed by atoms with Gasteiger partial charge in [0.05, 0.1) is 29.3 Å². The summed E-state index contributed by atoms with van der Waals surface area (Å²) in [5.41, 5.74) is 2.85. The van der Waals surface area contributed by atoms with Crippen LogP contribution < -0.4 is 5.56 Å². The smallest absolute Gasteiger partial charge is 0.261 e. The molecule has 2 aromatic carbocycles. The van der Waals surface area contributed by atoms with Gasteiger partial charge in [0, 0.05) is 6.20 Å². The highest BCUT2D eigenvalue weighted by atomic mass is 16.1. The van der Waals surface area contributed by atoms with E-state index in [-0.39, 0.29) is 5.56 Å². The van der Waals surface area contributed by atoms with Crippen molar-refractivity contribution in [1.29, 1.82) is 0 Å². The maximum absolute atomic E-state index is 12.7. The molecule has 4 rings (SSSR count). The fourth-order valence-electron chi connectivity index (χ4n) is 2.75. The minimum atomic E-state index is -0.0199. The van der Waals surface area contributed by atoms with E-state index in [1.807, 2.05) is 101 Å². The Bertz CT molecular complexity index is 1000. The summed E-state index contributed by atoms with van der Waals surface area (Å²) in [6.07, 6.45) is 3.48. The number of pyridine rings is 1. The van der Waals surface area contributed by atoms with Crippen LogP contribution in [0.3, 0.4) is 0 Å². The lowest BCUT2D eigenvalue weighted by Crippen LogP contribution is -2.19. The second kappa shape index (κ2) is 10.1. The van der Waals surface area contributed by atoms with Crippen molar-refractivity contribution in [3.63, 3.8) is 0 Å². The molecule has 0 bridgehead atoms. The number of benzene rings is 2. The van der Waals surface area contributed by atoms with Crippen molar-refractivity contribution in [2.45, 2.75) is 34.2 Å². The summed E-state index contributed by atoms with van der Waals surface area (Å²) < 4.78 is 3.51. The lowest BCUT2D eigenvalue weighted by molar-refractivity contribution is 0.767. The Hall–Kier alpha value is -3.14. The van der Waals surface area contributed by atoms with Crippen LogP contribution in [0.25, 0.3) is 16.6 Å². The highest BCUT2D eigenvalue weighted by Crippen LogP contribution is 2.15. The molecule has 0 aliphatic carbocycles. The van der Waals surface area contributed by atoms with Gasteiger partial charge in [-0.25, -0.2) is 4.68 Å². The zero-order valence-electron chi connectivity index (χ0n) is 16.5. The number of nitrogens with zero attached hydrogens (tertiary/aromatic N) is 3. The predicted octanol–water partition coefficient (Wildman–Crippen LogP) is 5.29. The van der Waals surface area contributed by atoms with E-state index in [9.17, 15) is 4.79 Å². The largest absolute Gasteiger partial charge is 0.310 e. The molecule has 2 heterocycles. The summed E-state index contributed by atoms with van der Waals surface area (Å²) in [6, 6.07) is 21.7. The fraction of sp³-hybridized carbons (Fsp3) is 0.217. The van der Waals surface area contributed by atoms with E-state index in [1.54, 1.807) is 15.4 Å². The van der Waals surface area contributed by atoms with E-state index in [0.717, 1.165) is 16.8 Å². The van der Waals surface area contributed by atoms with Crippen LogP contribution in [-0.4, -0.2) is 14.3 Å². The minimum absolute atomic E-state index is 0.0199. The normalized spacial score (nSPS) is 9.78. The number of hydrogen-bond donors (Lipinski definition) is 0. The monoisotopic (exact) mass is 361 g/mol. The molecule has 0 spiro atoms. The number of hydrogen-bond acceptors (Lipinski definition) is 2. The number of aromatic nitrogens is 3. The van der Waals surface area contributed by atoms with Gasteiger partial charge in [-0.3, -0.25) is 4.79 Å². The maximum atomic E-state index is 12.7. The van der Waals surface area contributed by atoms with Crippen LogP contribution in [0.5, 0.6) is 0 Å². The Morgan fingerprint density at radius 1 is 0.815 bits per heavy atom. The van der Waals surface area contributed by atoms with Crippen molar-refractivity contribution >= 4 is 10.9 Å². The Morgan fingerprint density at radius 3 is 2.04 bits per heavy atom. The minimum Gasteiger partial charge on any atom is -0.310 e. The third-order valence-corrected chi connectivity index (χ3v) is 3.91. The third kappa shape index (κ3) is 4.53. The highest BCUT2D eigenvalue weighted by molar-refractivity contribution is 5.79. The first-order valence-electron chi connectivity index (χ1n) is 9.49. The molecule has 0 aliphatic heterocycles. The molecule has 0 N–H and O–H groups in total. The van der Waals surface area contributed by atoms with E-state index in [1.165, 1.54) is 0 Å². The lowest BCUT2D eigenvalue weighted by atomic mass is 10.2. The van der Waals surface area contributed by atoms with Gasteiger partial charge in [-0.1, -0.05) is 76.2 Å². The van der Waals surface area contributed by atoms with Gasteiger partial charge in [-0.05, 0) is 23.8 Å². The van der Waals surface area contributed by atoms with Crippen molar-refractivity contribution in [3.05, 3.63) is 95.0 Å². The molecule has 140 valence electrons. The van der Waals surface area contributed by atoms with Crippen molar-refractivity contribution in [2.24, 2.45) is 0 Å². The van der Waals surface area contributed by atoms with Crippen LogP contribution in [0.1, 0.15) is 33.3 Å². The zero-order valence-corrected chi connectivity index (χ0v) is 16.5. The van der Waals surface area contributed by atoms with Crippen molar-refractivity contribution in [3.8, 4) is 5.69 Å². The SMILES string of the molecule is CC.CC.O=c1c2cnn(-c3ccccc3)c2ccn1Cc1ccccc1. The summed E-state index contributed by atoms with van der Waals surface area (Å²) in [6.45, 7) is 8.56. The molecule has 0 unspecified atom stereocenters. The highest BCUT2D eigenvalue weighted by Gasteiger charge is 2.09. The molecule has 0 amide bonds. The molecule has 2 aromatic heterocycles. The molecule has 0 atom stereocenters. The van der Waals surface area contributed by atoms with Crippen molar-refractivity contribution < 1.29 is 0 Å². The lowest BCUT2D eigenvalue weighted by Gasteiger charge is -2.07. The second-order valence-corrected chi connectivity index (χ2v) is 5.43. The summed E-state index contributed by atoms with van der Waals surface area (Å²) in [5, 5.41) is 5.01. The van der Waals surface area contributed by atoms with Gasteiger partial charge in [0.2, 0.25) is 0 Å². The summed E-state index contributed by atoms with van der Waals surface area (Å²) >= 11 is 0. The zero-order chi connectivity index (χ0) is 19.6. The molecular weight excluding hydrogens is 334 g/mol. The van der Waals surface area contributed by atoms with Gasteiger partial charge in [-0.15, -0.1) is 0 Å². The van der Waals surface area contributed by atoms with E-state index < -0.39 is 0 Å². The fourth-order valence-corrected chi connectivity index (χ4v) is 2.75. The van der Waals surface area contributed by atoms with Gasteiger partial charge in [0.15, 0.2) is 0 Å². The first-order chi connectivity index (χ1) is 13.3. The predicted molar refractivity (Wildman–Crippen MR) is 114 cm³/mol. The van der Waals surface area contributed by atoms with Crippen LogP contribution >= 0.6 is 0 Å². The summed E-state index contributed by atoms with van der Waals surface area (Å²) in [4.78, 5) is 12.7. The van der Waals surface area contributed by atoms with Crippen molar-refractivity contribution in [2.75, 3.05) is 0 Å². The molecule has 0 fully saturated rings. The number of fused-ring (bicyclic) bond motifs is 1. The van der Waals surface area contributed by atoms with Crippen LogP contribution in [0.15, 0.2) is 83.9 Å². The Kier molecular flexibility index (Phi) is 7.56. The maximum Gasteiger partial charge on any atom is 0.261 e. The quantitative estimate of drug-likeness (QED) is 0.497. The summed E-state index contributed by atoms with van der Waals surface area (Å²) in [5.74, 6) is 0. The molecule has 4 aromatic rings. The molecule has 4 nitrogen and oxygen atoms in total. The molecular formula is C23H27N3O. The standard InChI is InChI=1S/C19H15N3O.2C2H6/c23-19-17-13-20-22(16-9-5-2-6-10-16)18(17)11-12-21(19)14-15-7-3-1-4-8-15;2*1-2/h1-13H,14H2;2*1-2H3. The number of para-hydroxylation sites is 1. The van der Waals surface area contributed by atoms with Gasteiger partial charge < -0.3 is 4.57 Å². The van der Waals surface area contributed by atoms with Crippen molar-refractivity contribution in [1.82, 2.24) is 14.3 Å². The van der Waals surface area contributed by atoms with Gasteiger partial charge >= 0.3 is 0 Å². The topological polar surface area (TPSA) is 39.8 Å². The molecule has 0 saturated carbocycles. The number of rotatable bonds is 3. The Labute approximate surface area is 160 Å². The summed E-state index contributed by atoms with van der Waals surface area (Å²) in [7, 11) is 0. The van der Waals surface area contributed by atoms with E-state index >= 15 is 0 Å².